The summed E-state index contributed by atoms with van der Waals surface area (Å²) in [4.78, 5) is 4.23. The fourth-order valence-corrected chi connectivity index (χ4v) is 2.20. The van der Waals surface area contributed by atoms with Gasteiger partial charge in [-0.2, -0.15) is 13.2 Å². The molecule has 1 aromatic heterocycles. The highest BCUT2D eigenvalue weighted by atomic mass is 32.1. The molecule has 0 saturated heterocycles. The number of alkyl halides is 3. The van der Waals surface area contributed by atoms with E-state index in [1.807, 2.05) is 19.2 Å². The second-order valence-electron chi connectivity index (χ2n) is 3.90. The van der Waals surface area contributed by atoms with E-state index in [0.717, 1.165) is 10.7 Å². The number of nitrogens with zero attached hydrogens (tertiary/aromatic N) is 1. The minimum absolute atomic E-state index is 0.151. The largest absolute Gasteiger partial charge is 0.390 e. The zero-order valence-electron chi connectivity index (χ0n) is 9.43. The summed E-state index contributed by atoms with van der Waals surface area (Å²) in [5.41, 5.74) is 0.802. The summed E-state index contributed by atoms with van der Waals surface area (Å²) < 4.78 is 36.3. The van der Waals surface area contributed by atoms with Gasteiger partial charge in [-0.25, -0.2) is 4.98 Å². The summed E-state index contributed by atoms with van der Waals surface area (Å²) in [5.74, 6) is 0. The number of halogens is 3. The number of rotatable bonds is 4. The number of aryl methyl sites for hydroxylation is 1. The van der Waals surface area contributed by atoms with Gasteiger partial charge in [0.15, 0.2) is 0 Å². The van der Waals surface area contributed by atoms with Crippen LogP contribution in [0, 0.1) is 6.92 Å². The third-order valence-electron chi connectivity index (χ3n) is 2.15. The monoisotopic (exact) mass is 252 g/mol. The first kappa shape index (κ1) is 13.4. The normalized spacial score (nSPS) is 16.1. The standard InChI is InChI=1S/C10H15F3N2S/c1-6(4-10(11,12)13)14-7(2)9-5-16-8(3)15-9/h5-7,14H,4H2,1-3H3. The Balaban J connectivity index is 2.48. The van der Waals surface area contributed by atoms with Crippen LogP contribution in [0.4, 0.5) is 13.2 Å². The molecule has 6 heteroatoms. The average molecular weight is 252 g/mol. The van der Waals surface area contributed by atoms with Crippen molar-refractivity contribution < 1.29 is 13.2 Å². The van der Waals surface area contributed by atoms with Gasteiger partial charge in [0.2, 0.25) is 0 Å². The first-order valence-electron chi connectivity index (χ1n) is 5.03. The molecule has 2 nitrogen and oxygen atoms in total. The second kappa shape index (κ2) is 5.14. The van der Waals surface area contributed by atoms with Crippen molar-refractivity contribution in [1.29, 1.82) is 0 Å². The minimum Gasteiger partial charge on any atom is -0.306 e. The third-order valence-corrected chi connectivity index (χ3v) is 2.94. The van der Waals surface area contributed by atoms with Crippen LogP contribution in [0.2, 0.25) is 0 Å². The van der Waals surface area contributed by atoms with E-state index < -0.39 is 18.6 Å². The van der Waals surface area contributed by atoms with E-state index in [1.165, 1.54) is 18.3 Å². The minimum atomic E-state index is -4.12. The van der Waals surface area contributed by atoms with Crippen LogP contribution < -0.4 is 5.32 Å². The molecule has 2 atom stereocenters. The molecule has 1 heterocycles. The highest BCUT2D eigenvalue weighted by molar-refractivity contribution is 7.09. The van der Waals surface area contributed by atoms with Crippen molar-refractivity contribution in [3.05, 3.63) is 16.1 Å². The number of hydrogen-bond acceptors (Lipinski definition) is 3. The first-order valence-corrected chi connectivity index (χ1v) is 5.90. The van der Waals surface area contributed by atoms with Crippen LogP contribution in [0.1, 0.15) is 37.0 Å². The molecule has 1 rings (SSSR count). The van der Waals surface area contributed by atoms with Crippen LogP contribution in [0.25, 0.3) is 0 Å². The van der Waals surface area contributed by atoms with Crippen molar-refractivity contribution in [2.24, 2.45) is 0 Å². The molecule has 0 bridgehead atoms. The number of hydrogen-bond donors (Lipinski definition) is 1. The number of aromatic nitrogens is 1. The summed E-state index contributed by atoms with van der Waals surface area (Å²) in [6.07, 6.45) is -4.94. The Morgan fingerprint density at radius 2 is 2.06 bits per heavy atom. The molecule has 0 aromatic carbocycles. The molecule has 0 spiro atoms. The Bertz CT molecular complexity index is 335. The van der Waals surface area contributed by atoms with Gasteiger partial charge in [-0.1, -0.05) is 0 Å². The Hall–Kier alpha value is -0.620. The Labute approximate surface area is 96.9 Å². The average Bonchev–Trinajstić information content (AvgIpc) is 2.47. The van der Waals surface area contributed by atoms with Crippen LogP contribution in [-0.2, 0) is 0 Å². The highest BCUT2D eigenvalue weighted by Gasteiger charge is 2.30. The smallest absolute Gasteiger partial charge is 0.306 e. The maximum atomic E-state index is 12.1. The molecule has 2 unspecified atom stereocenters. The van der Waals surface area contributed by atoms with Crippen molar-refractivity contribution in [3.63, 3.8) is 0 Å². The van der Waals surface area contributed by atoms with Gasteiger partial charge < -0.3 is 5.32 Å². The SMILES string of the molecule is Cc1nc(C(C)NC(C)CC(F)(F)F)cs1. The van der Waals surface area contributed by atoms with Crippen molar-refractivity contribution in [2.45, 2.75) is 45.5 Å². The summed E-state index contributed by atoms with van der Waals surface area (Å²) >= 11 is 1.50. The Kier molecular flexibility index (Phi) is 4.32. The predicted octanol–water partition coefficient (Wildman–Crippen LogP) is 3.44. The van der Waals surface area contributed by atoms with Gasteiger partial charge >= 0.3 is 6.18 Å². The molecule has 0 aliphatic rings. The summed E-state index contributed by atoms with van der Waals surface area (Å²) in [6.45, 7) is 5.23. The van der Waals surface area contributed by atoms with Crippen molar-refractivity contribution in [2.75, 3.05) is 0 Å². The molecule has 0 fully saturated rings. The van der Waals surface area contributed by atoms with Crippen molar-refractivity contribution >= 4 is 11.3 Å². The van der Waals surface area contributed by atoms with Gasteiger partial charge in [-0.05, 0) is 20.8 Å². The molecule has 1 N–H and O–H groups in total. The lowest BCUT2D eigenvalue weighted by Crippen LogP contribution is -2.33. The van der Waals surface area contributed by atoms with Gasteiger partial charge in [-0.3, -0.25) is 0 Å². The topological polar surface area (TPSA) is 24.9 Å². The van der Waals surface area contributed by atoms with Crippen molar-refractivity contribution in [1.82, 2.24) is 10.3 Å². The van der Waals surface area contributed by atoms with E-state index in [0.29, 0.717) is 0 Å². The lowest BCUT2D eigenvalue weighted by Gasteiger charge is -2.19. The number of nitrogens with one attached hydrogen (secondary N) is 1. The molecule has 1 aromatic rings. The van der Waals surface area contributed by atoms with Gasteiger partial charge in [0.05, 0.1) is 17.1 Å². The third kappa shape index (κ3) is 4.49. The quantitative estimate of drug-likeness (QED) is 0.887. The zero-order chi connectivity index (χ0) is 12.3. The van der Waals surface area contributed by atoms with E-state index in [4.69, 9.17) is 0 Å². The van der Waals surface area contributed by atoms with Crippen LogP contribution in [0.3, 0.4) is 0 Å². The fraction of sp³-hybridized carbons (Fsp3) is 0.700. The summed E-state index contributed by atoms with van der Waals surface area (Å²) in [6, 6.07) is -0.751. The molecule has 16 heavy (non-hydrogen) atoms. The van der Waals surface area contributed by atoms with E-state index in [2.05, 4.69) is 10.3 Å². The zero-order valence-corrected chi connectivity index (χ0v) is 10.2. The summed E-state index contributed by atoms with van der Waals surface area (Å²) in [7, 11) is 0. The van der Waals surface area contributed by atoms with Crippen LogP contribution in [0.15, 0.2) is 5.38 Å². The maximum absolute atomic E-state index is 12.1. The van der Waals surface area contributed by atoms with E-state index >= 15 is 0 Å². The van der Waals surface area contributed by atoms with Crippen LogP contribution in [0.5, 0.6) is 0 Å². The first-order chi connectivity index (χ1) is 7.28. The van der Waals surface area contributed by atoms with Gasteiger partial charge in [0.1, 0.15) is 0 Å². The lowest BCUT2D eigenvalue weighted by molar-refractivity contribution is -0.139. The molecule has 0 aliphatic heterocycles. The van der Waals surface area contributed by atoms with Crippen LogP contribution in [-0.4, -0.2) is 17.2 Å². The van der Waals surface area contributed by atoms with E-state index in [-0.39, 0.29) is 6.04 Å². The Morgan fingerprint density at radius 1 is 1.44 bits per heavy atom. The Morgan fingerprint density at radius 3 is 2.50 bits per heavy atom. The number of thiazole rings is 1. The van der Waals surface area contributed by atoms with Crippen LogP contribution >= 0.6 is 11.3 Å². The maximum Gasteiger partial charge on any atom is 0.390 e. The van der Waals surface area contributed by atoms with E-state index in [9.17, 15) is 13.2 Å². The van der Waals surface area contributed by atoms with Gasteiger partial charge in [0, 0.05) is 17.5 Å². The van der Waals surface area contributed by atoms with Crippen molar-refractivity contribution in [3.8, 4) is 0 Å². The predicted molar refractivity (Wildman–Crippen MR) is 58.5 cm³/mol. The molecule has 0 aliphatic carbocycles. The molecular weight excluding hydrogens is 237 g/mol. The molecule has 92 valence electrons. The molecule has 0 amide bonds. The molecule has 0 radical (unpaired) electrons. The summed E-state index contributed by atoms with van der Waals surface area (Å²) in [5, 5.41) is 5.68. The highest BCUT2D eigenvalue weighted by Crippen LogP contribution is 2.23. The van der Waals surface area contributed by atoms with Gasteiger partial charge in [0.25, 0.3) is 0 Å². The van der Waals surface area contributed by atoms with E-state index in [1.54, 1.807) is 0 Å². The lowest BCUT2D eigenvalue weighted by atomic mass is 10.2. The fourth-order valence-electron chi connectivity index (χ4n) is 1.50. The molecule has 0 saturated carbocycles. The van der Waals surface area contributed by atoms with Gasteiger partial charge in [-0.15, -0.1) is 11.3 Å². The second-order valence-corrected chi connectivity index (χ2v) is 4.96. The molecular formula is C10H15F3N2S.